The molecule has 2 heteroatoms. The number of aliphatic hydroxyl groups is 1. The van der Waals surface area contributed by atoms with E-state index in [-0.39, 0.29) is 6.61 Å². The summed E-state index contributed by atoms with van der Waals surface area (Å²) in [5.41, 5.74) is 2.11. The van der Waals surface area contributed by atoms with E-state index < -0.39 is 0 Å². The smallest absolute Gasteiger partial charge is 0.119 e. The lowest BCUT2D eigenvalue weighted by atomic mass is 10.1. The Kier molecular flexibility index (Phi) is 6.98. The zero-order chi connectivity index (χ0) is 13.2. The number of hydrogen-bond acceptors (Lipinski definition) is 2. The number of unbranched alkanes of at least 4 members (excludes halogenated alkanes) is 3. The first-order valence-electron chi connectivity index (χ1n) is 6.65. The van der Waals surface area contributed by atoms with E-state index in [0.29, 0.717) is 0 Å². The lowest BCUT2D eigenvalue weighted by Crippen LogP contribution is -1.99. The molecule has 0 aromatic heterocycles. The van der Waals surface area contributed by atoms with E-state index in [1.165, 1.54) is 0 Å². The molecule has 0 bridgehead atoms. The van der Waals surface area contributed by atoms with Gasteiger partial charge < -0.3 is 9.84 Å². The van der Waals surface area contributed by atoms with Crippen molar-refractivity contribution in [2.24, 2.45) is 0 Å². The molecule has 0 atom stereocenters. The van der Waals surface area contributed by atoms with Crippen molar-refractivity contribution < 1.29 is 9.84 Å². The molecular weight excluding hydrogens is 224 g/mol. The number of rotatable bonds is 8. The maximum Gasteiger partial charge on any atom is 0.119 e. The van der Waals surface area contributed by atoms with Crippen LogP contribution in [-0.4, -0.2) is 18.3 Å². The Balaban J connectivity index is 2.37. The first-order valence-corrected chi connectivity index (χ1v) is 6.65. The number of aryl methyl sites for hydroxylation is 1. The molecule has 2 nitrogen and oxygen atoms in total. The van der Waals surface area contributed by atoms with E-state index in [9.17, 15) is 0 Å². The zero-order valence-corrected chi connectivity index (χ0v) is 11.1. The lowest BCUT2D eigenvalue weighted by Gasteiger charge is -2.09. The van der Waals surface area contributed by atoms with Crippen molar-refractivity contribution in [3.63, 3.8) is 0 Å². The minimum atomic E-state index is 0.286. The van der Waals surface area contributed by atoms with Crippen LogP contribution in [0.4, 0.5) is 0 Å². The van der Waals surface area contributed by atoms with Crippen molar-refractivity contribution in [2.75, 3.05) is 13.2 Å². The van der Waals surface area contributed by atoms with Gasteiger partial charge in [-0.3, -0.25) is 0 Å². The highest BCUT2D eigenvalue weighted by Crippen LogP contribution is 2.18. The van der Waals surface area contributed by atoms with Gasteiger partial charge in [-0.05, 0) is 49.4 Å². The third-order valence-corrected chi connectivity index (χ3v) is 2.93. The molecule has 0 amide bonds. The first kappa shape index (κ1) is 14.6. The fourth-order valence-corrected chi connectivity index (χ4v) is 1.85. The molecule has 0 spiro atoms. The molecule has 1 rings (SSSR count). The van der Waals surface area contributed by atoms with Gasteiger partial charge in [0.1, 0.15) is 5.75 Å². The Morgan fingerprint density at radius 3 is 2.67 bits per heavy atom. The maximum atomic E-state index is 8.66. The van der Waals surface area contributed by atoms with Crippen molar-refractivity contribution in [1.29, 1.82) is 0 Å². The molecule has 98 valence electrons. The molecule has 1 aromatic carbocycles. The second-order valence-electron chi connectivity index (χ2n) is 4.30. The molecule has 18 heavy (non-hydrogen) atoms. The number of benzene rings is 1. The van der Waals surface area contributed by atoms with Gasteiger partial charge >= 0.3 is 0 Å². The van der Waals surface area contributed by atoms with Crippen LogP contribution in [0.1, 0.15) is 43.7 Å². The molecule has 0 saturated heterocycles. The van der Waals surface area contributed by atoms with E-state index in [1.807, 2.05) is 18.2 Å². The molecular formula is C16H22O2. The predicted molar refractivity (Wildman–Crippen MR) is 74.8 cm³/mol. The highest BCUT2D eigenvalue weighted by atomic mass is 16.5. The molecule has 0 radical (unpaired) electrons. The van der Waals surface area contributed by atoms with E-state index >= 15 is 0 Å². The van der Waals surface area contributed by atoms with Crippen LogP contribution in [0, 0.1) is 12.3 Å². The number of hydrogen-bond donors (Lipinski definition) is 1. The number of terminal acetylenes is 1. The molecule has 0 unspecified atom stereocenters. The lowest BCUT2D eigenvalue weighted by molar-refractivity contribution is 0.273. The van der Waals surface area contributed by atoms with Crippen LogP contribution in [0.3, 0.4) is 0 Å². The third-order valence-electron chi connectivity index (χ3n) is 2.93. The van der Waals surface area contributed by atoms with Gasteiger partial charge in [0.15, 0.2) is 0 Å². The van der Waals surface area contributed by atoms with Crippen LogP contribution in [0.25, 0.3) is 0 Å². The van der Waals surface area contributed by atoms with Crippen LogP contribution in [-0.2, 0) is 6.42 Å². The minimum absolute atomic E-state index is 0.286. The quantitative estimate of drug-likeness (QED) is 0.564. The van der Waals surface area contributed by atoms with Gasteiger partial charge in [-0.1, -0.05) is 19.3 Å². The van der Waals surface area contributed by atoms with Gasteiger partial charge in [0.2, 0.25) is 0 Å². The second kappa shape index (κ2) is 8.60. The molecule has 0 aliphatic rings. The van der Waals surface area contributed by atoms with Crippen LogP contribution in [0.5, 0.6) is 5.75 Å². The monoisotopic (exact) mass is 246 g/mol. The fourth-order valence-electron chi connectivity index (χ4n) is 1.85. The third kappa shape index (κ3) is 4.81. The Morgan fingerprint density at radius 2 is 2.00 bits per heavy atom. The van der Waals surface area contributed by atoms with Gasteiger partial charge in [-0.2, -0.15) is 0 Å². The summed E-state index contributed by atoms with van der Waals surface area (Å²) in [6.07, 6.45) is 10.4. The predicted octanol–water partition coefficient (Wildman–Crippen LogP) is 3.16. The molecule has 0 aliphatic heterocycles. The summed E-state index contributed by atoms with van der Waals surface area (Å²) in [5, 5.41) is 8.66. The summed E-state index contributed by atoms with van der Waals surface area (Å²) >= 11 is 0. The fraction of sp³-hybridized carbons (Fsp3) is 0.500. The maximum absolute atomic E-state index is 8.66. The highest BCUT2D eigenvalue weighted by molar-refractivity contribution is 5.44. The number of ether oxygens (including phenoxy) is 1. The molecule has 0 aliphatic carbocycles. The van der Waals surface area contributed by atoms with Crippen molar-refractivity contribution in [1.82, 2.24) is 0 Å². The normalized spacial score (nSPS) is 10.1. The van der Waals surface area contributed by atoms with Crippen molar-refractivity contribution in [3.05, 3.63) is 29.3 Å². The van der Waals surface area contributed by atoms with Crippen LogP contribution < -0.4 is 4.74 Å². The molecule has 1 aromatic rings. The topological polar surface area (TPSA) is 29.5 Å². The molecule has 1 N–H and O–H groups in total. The first-order chi connectivity index (χ1) is 8.81. The van der Waals surface area contributed by atoms with Crippen LogP contribution in [0.2, 0.25) is 0 Å². The summed E-state index contributed by atoms with van der Waals surface area (Å²) in [5.74, 6) is 3.58. The largest absolute Gasteiger partial charge is 0.494 e. The van der Waals surface area contributed by atoms with Gasteiger partial charge in [0, 0.05) is 12.2 Å². The van der Waals surface area contributed by atoms with Gasteiger partial charge in [0.25, 0.3) is 0 Å². The van der Waals surface area contributed by atoms with Crippen LogP contribution in [0.15, 0.2) is 18.2 Å². The standard InChI is InChI=1S/C16H22O2/c1-3-14-9-10-16(13-15(14)4-2)18-12-8-6-5-7-11-17/h1,9-10,13,17H,4-8,11-12H2,2H3. The minimum Gasteiger partial charge on any atom is -0.494 e. The molecule has 0 fully saturated rings. The van der Waals surface area contributed by atoms with Gasteiger partial charge in [0.05, 0.1) is 6.61 Å². The van der Waals surface area contributed by atoms with E-state index in [1.54, 1.807) is 0 Å². The summed E-state index contributed by atoms with van der Waals surface area (Å²) < 4.78 is 5.70. The van der Waals surface area contributed by atoms with Crippen molar-refractivity contribution in [2.45, 2.75) is 39.0 Å². The Bertz CT molecular complexity index is 391. The SMILES string of the molecule is C#Cc1ccc(OCCCCCCO)cc1CC. The summed E-state index contributed by atoms with van der Waals surface area (Å²) in [6, 6.07) is 5.91. The second-order valence-corrected chi connectivity index (χ2v) is 4.30. The average Bonchev–Trinajstić information content (AvgIpc) is 2.42. The van der Waals surface area contributed by atoms with Crippen LogP contribution >= 0.6 is 0 Å². The average molecular weight is 246 g/mol. The Labute approximate surface area is 110 Å². The molecule has 0 saturated carbocycles. The van der Waals surface area contributed by atoms with E-state index in [0.717, 1.165) is 55.6 Å². The van der Waals surface area contributed by atoms with Crippen molar-refractivity contribution in [3.8, 4) is 18.1 Å². The van der Waals surface area contributed by atoms with E-state index in [4.69, 9.17) is 16.3 Å². The van der Waals surface area contributed by atoms with E-state index in [2.05, 4.69) is 12.8 Å². The van der Waals surface area contributed by atoms with Gasteiger partial charge in [-0.15, -0.1) is 6.42 Å². The summed E-state index contributed by atoms with van der Waals surface area (Å²) in [7, 11) is 0. The summed E-state index contributed by atoms with van der Waals surface area (Å²) in [4.78, 5) is 0. The Morgan fingerprint density at radius 1 is 1.22 bits per heavy atom. The highest BCUT2D eigenvalue weighted by Gasteiger charge is 2.01. The Hall–Kier alpha value is -1.46. The summed E-state index contributed by atoms with van der Waals surface area (Å²) in [6.45, 7) is 3.10. The number of aliphatic hydroxyl groups excluding tert-OH is 1. The van der Waals surface area contributed by atoms with Crippen molar-refractivity contribution >= 4 is 0 Å². The van der Waals surface area contributed by atoms with Gasteiger partial charge in [-0.25, -0.2) is 0 Å². The zero-order valence-electron chi connectivity index (χ0n) is 11.1. The molecule has 0 heterocycles.